The zero-order chi connectivity index (χ0) is 10.6. The molecule has 0 bridgehead atoms. The van der Waals surface area contributed by atoms with Crippen molar-refractivity contribution in [1.82, 2.24) is 0 Å². The Bertz CT molecular complexity index is 374. The third-order valence-corrected chi connectivity index (χ3v) is 2.15. The first kappa shape index (κ1) is 10.8. The summed E-state index contributed by atoms with van der Waals surface area (Å²) < 4.78 is 1.00. The first-order valence-electron chi connectivity index (χ1n) is 4.02. The van der Waals surface area contributed by atoms with Gasteiger partial charge in [0.1, 0.15) is 0 Å². The Labute approximate surface area is 90.6 Å². The number of carbonyl (C=O) groups is 1. The minimum atomic E-state index is -0.965. The summed E-state index contributed by atoms with van der Waals surface area (Å²) >= 11 is 3.35. The molecule has 0 fully saturated rings. The van der Waals surface area contributed by atoms with Crippen molar-refractivity contribution in [1.29, 1.82) is 0 Å². The highest BCUT2D eigenvalue weighted by Gasteiger charge is 1.95. The van der Waals surface area contributed by atoms with E-state index in [9.17, 15) is 4.79 Å². The van der Waals surface area contributed by atoms with Crippen molar-refractivity contribution >= 4 is 27.6 Å². The molecule has 0 aliphatic heterocycles. The van der Waals surface area contributed by atoms with Crippen molar-refractivity contribution in [3.05, 3.63) is 40.5 Å². The fourth-order valence-electron chi connectivity index (χ4n) is 0.992. The van der Waals surface area contributed by atoms with E-state index in [2.05, 4.69) is 21.2 Å². The number of carboxylic acids is 1. The second kappa shape index (κ2) is 4.81. The quantitative estimate of drug-likeness (QED) is 0.817. The van der Waals surface area contributed by atoms with Crippen molar-refractivity contribution in [3.8, 4) is 0 Å². The van der Waals surface area contributed by atoms with Crippen molar-refractivity contribution in [3.63, 3.8) is 0 Å². The highest BCUT2D eigenvalue weighted by Crippen LogP contribution is 2.19. The van der Waals surface area contributed by atoms with Crippen LogP contribution in [0.25, 0.3) is 0 Å². The van der Waals surface area contributed by atoms with Crippen LogP contribution in [0.15, 0.2) is 34.9 Å². The standard InChI is InChI=1S/C10H10BrNO2/c1-7-6-8(11)2-3-9(7)12-5-4-10(13)14/h2-6,12H,1H3,(H,13,14)/b5-4+. The Kier molecular flexibility index (Phi) is 3.71. The van der Waals surface area contributed by atoms with Crippen LogP contribution in [0.4, 0.5) is 5.69 Å². The van der Waals surface area contributed by atoms with Gasteiger partial charge < -0.3 is 10.4 Å². The van der Waals surface area contributed by atoms with E-state index in [0.29, 0.717) is 0 Å². The number of anilines is 1. The molecule has 0 aromatic heterocycles. The van der Waals surface area contributed by atoms with E-state index in [0.717, 1.165) is 21.8 Å². The minimum absolute atomic E-state index is 0.894. The molecule has 0 amide bonds. The molecule has 0 aliphatic rings. The number of hydrogen-bond donors (Lipinski definition) is 2. The van der Waals surface area contributed by atoms with E-state index in [4.69, 9.17) is 5.11 Å². The van der Waals surface area contributed by atoms with Crippen LogP contribution in [0.2, 0.25) is 0 Å². The third-order valence-electron chi connectivity index (χ3n) is 1.65. The van der Waals surface area contributed by atoms with Gasteiger partial charge in [-0.3, -0.25) is 0 Å². The smallest absolute Gasteiger partial charge is 0.329 e. The van der Waals surface area contributed by atoms with Gasteiger partial charge >= 0.3 is 5.97 Å². The lowest BCUT2D eigenvalue weighted by Gasteiger charge is -2.04. The maximum Gasteiger partial charge on any atom is 0.329 e. The van der Waals surface area contributed by atoms with Crippen LogP contribution in [-0.2, 0) is 4.79 Å². The molecule has 1 aromatic carbocycles. The van der Waals surface area contributed by atoms with Gasteiger partial charge in [0, 0.05) is 22.4 Å². The molecule has 0 unspecified atom stereocenters. The van der Waals surface area contributed by atoms with Gasteiger partial charge in [-0.25, -0.2) is 4.79 Å². The first-order valence-corrected chi connectivity index (χ1v) is 4.81. The maximum atomic E-state index is 10.2. The molecule has 0 saturated heterocycles. The molecule has 14 heavy (non-hydrogen) atoms. The zero-order valence-corrected chi connectivity index (χ0v) is 9.21. The summed E-state index contributed by atoms with van der Waals surface area (Å²) in [5.41, 5.74) is 1.94. The molecule has 0 aliphatic carbocycles. The maximum absolute atomic E-state index is 10.2. The van der Waals surface area contributed by atoms with Gasteiger partial charge in [0.15, 0.2) is 0 Å². The molecule has 0 atom stereocenters. The van der Waals surface area contributed by atoms with Crippen molar-refractivity contribution < 1.29 is 9.90 Å². The van der Waals surface area contributed by atoms with E-state index in [1.165, 1.54) is 6.20 Å². The van der Waals surface area contributed by atoms with Crippen LogP contribution in [-0.4, -0.2) is 11.1 Å². The Hall–Kier alpha value is -1.29. The van der Waals surface area contributed by atoms with Crippen molar-refractivity contribution in [2.75, 3.05) is 5.32 Å². The fraction of sp³-hybridized carbons (Fsp3) is 0.100. The number of benzene rings is 1. The minimum Gasteiger partial charge on any atom is -0.478 e. The Morgan fingerprint density at radius 1 is 1.57 bits per heavy atom. The topological polar surface area (TPSA) is 49.3 Å². The number of hydrogen-bond acceptors (Lipinski definition) is 2. The molecule has 4 heteroatoms. The Morgan fingerprint density at radius 3 is 2.86 bits per heavy atom. The molecule has 1 aromatic rings. The van der Waals surface area contributed by atoms with E-state index in [1.807, 2.05) is 25.1 Å². The molecule has 74 valence electrons. The number of aliphatic carboxylic acids is 1. The number of aryl methyl sites for hydroxylation is 1. The van der Waals surface area contributed by atoms with Crippen LogP contribution in [0, 0.1) is 6.92 Å². The lowest BCUT2D eigenvalue weighted by atomic mass is 10.2. The van der Waals surface area contributed by atoms with Gasteiger partial charge in [0.2, 0.25) is 0 Å². The predicted molar refractivity (Wildman–Crippen MR) is 59.3 cm³/mol. The van der Waals surface area contributed by atoms with Gasteiger partial charge in [-0.1, -0.05) is 15.9 Å². The average Bonchev–Trinajstić information content (AvgIpc) is 2.08. The summed E-state index contributed by atoms with van der Waals surface area (Å²) in [6.07, 6.45) is 2.46. The second-order valence-corrected chi connectivity index (χ2v) is 3.69. The molecule has 2 N–H and O–H groups in total. The van der Waals surface area contributed by atoms with Crippen LogP contribution < -0.4 is 5.32 Å². The Morgan fingerprint density at radius 2 is 2.29 bits per heavy atom. The van der Waals surface area contributed by atoms with Crippen LogP contribution in [0.5, 0.6) is 0 Å². The number of halogens is 1. The lowest BCUT2D eigenvalue weighted by Crippen LogP contribution is -1.93. The van der Waals surface area contributed by atoms with E-state index in [1.54, 1.807) is 0 Å². The molecular formula is C10H10BrNO2. The molecule has 0 saturated carbocycles. The molecule has 0 radical (unpaired) electrons. The van der Waals surface area contributed by atoms with Gasteiger partial charge in [0.25, 0.3) is 0 Å². The largest absolute Gasteiger partial charge is 0.478 e. The van der Waals surface area contributed by atoms with E-state index < -0.39 is 5.97 Å². The number of rotatable bonds is 3. The van der Waals surface area contributed by atoms with Crippen molar-refractivity contribution in [2.45, 2.75) is 6.92 Å². The summed E-state index contributed by atoms with van der Waals surface area (Å²) in [5.74, 6) is -0.965. The second-order valence-electron chi connectivity index (χ2n) is 2.78. The monoisotopic (exact) mass is 255 g/mol. The molecular weight excluding hydrogens is 246 g/mol. The van der Waals surface area contributed by atoms with Gasteiger partial charge in [-0.15, -0.1) is 0 Å². The predicted octanol–water partition coefficient (Wildman–Crippen LogP) is 2.77. The summed E-state index contributed by atoms with van der Waals surface area (Å²) in [4.78, 5) is 10.2. The third kappa shape index (κ3) is 3.22. The number of carboxylic acid groups (broad SMARTS) is 1. The number of nitrogens with one attached hydrogen (secondary N) is 1. The normalized spacial score (nSPS) is 10.4. The molecule has 3 nitrogen and oxygen atoms in total. The highest BCUT2D eigenvalue weighted by atomic mass is 79.9. The first-order chi connectivity index (χ1) is 6.59. The van der Waals surface area contributed by atoms with Crippen molar-refractivity contribution in [2.24, 2.45) is 0 Å². The molecule has 1 rings (SSSR count). The van der Waals surface area contributed by atoms with Crippen LogP contribution in [0.1, 0.15) is 5.56 Å². The average molecular weight is 256 g/mol. The molecule has 0 spiro atoms. The Balaban J connectivity index is 2.73. The lowest BCUT2D eigenvalue weighted by molar-refractivity contribution is -0.131. The van der Waals surface area contributed by atoms with Gasteiger partial charge in [-0.05, 0) is 30.7 Å². The summed E-state index contributed by atoms with van der Waals surface area (Å²) in [6.45, 7) is 1.95. The summed E-state index contributed by atoms with van der Waals surface area (Å²) in [7, 11) is 0. The molecule has 0 heterocycles. The van der Waals surface area contributed by atoms with E-state index in [-0.39, 0.29) is 0 Å². The zero-order valence-electron chi connectivity index (χ0n) is 7.62. The SMILES string of the molecule is Cc1cc(Br)ccc1N/C=C/C(=O)O. The van der Waals surface area contributed by atoms with Crippen LogP contribution in [0.3, 0.4) is 0 Å². The van der Waals surface area contributed by atoms with Gasteiger partial charge in [-0.2, -0.15) is 0 Å². The van der Waals surface area contributed by atoms with Crippen LogP contribution >= 0.6 is 15.9 Å². The fourth-order valence-corrected chi connectivity index (χ4v) is 1.47. The summed E-state index contributed by atoms with van der Waals surface area (Å²) in [5, 5.41) is 11.3. The summed E-state index contributed by atoms with van der Waals surface area (Å²) in [6, 6.07) is 5.73. The van der Waals surface area contributed by atoms with Gasteiger partial charge in [0.05, 0.1) is 0 Å². The van der Waals surface area contributed by atoms with E-state index >= 15 is 0 Å². The highest BCUT2D eigenvalue weighted by molar-refractivity contribution is 9.10.